The molecule has 12 N–H and O–H groups in total. The maximum absolute atomic E-state index is 12.5. The summed E-state index contributed by atoms with van der Waals surface area (Å²) in [5.41, 5.74) is 19.2. The van der Waals surface area contributed by atoms with Gasteiger partial charge in [0.1, 0.15) is 24.7 Å². The van der Waals surface area contributed by atoms with Crippen LogP contribution in [0.15, 0.2) is 0 Å². The number of urea groups is 1. The molecule has 0 bridgehead atoms. The van der Waals surface area contributed by atoms with Crippen LogP contribution in [0.3, 0.4) is 0 Å². The maximum atomic E-state index is 12.5. The van der Waals surface area contributed by atoms with Crippen LogP contribution in [-0.2, 0) is 43.0 Å². The second kappa shape index (κ2) is 16.3. The molecule has 0 unspecified atom stereocenters. The molecule has 19 heteroatoms. The number of hydrogen-bond acceptors (Lipinski definition) is 10. The van der Waals surface area contributed by atoms with Crippen LogP contribution in [0, 0.1) is 0 Å². The van der Waals surface area contributed by atoms with Gasteiger partial charge >= 0.3 is 6.03 Å². The lowest BCUT2D eigenvalue weighted by Crippen LogP contribution is -2.59. The molecule has 0 saturated carbocycles. The predicted molar refractivity (Wildman–Crippen MR) is 124 cm³/mol. The number of hydrogen-bond donors (Lipinski definition) is 9. The molecule has 19 nitrogen and oxygen atoms in total. The number of ether oxygens (including phenoxy) is 2. The van der Waals surface area contributed by atoms with Crippen molar-refractivity contribution in [2.75, 3.05) is 33.0 Å². The van der Waals surface area contributed by atoms with Gasteiger partial charge < -0.3 is 47.9 Å². The van der Waals surface area contributed by atoms with E-state index in [0.717, 1.165) is 0 Å². The molecule has 0 spiro atoms. The molecule has 0 aliphatic carbocycles. The summed E-state index contributed by atoms with van der Waals surface area (Å²) < 4.78 is 10.3. The quantitative estimate of drug-likeness (QED) is 0.152. The Hall–Kier alpha value is -4.52. The third kappa shape index (κ3) is 13.0. The minimum Gasteiger partial charge on any atom is -0.377 e. The summed E-state index contributed by atoms with van der Waals surface area (Å²) in [6.45, 7) is -0.571. The van der Waals surface area contributed by atoms with E-state index in [4.69, 9.17) is 26.7 Å². The van der Waals surface area contributed by atoms with Gasteiger partial charge in [-0.1, -0.05) is 0 Å². The van der Waals surface area contributed by atoms with Gasteiger partial charge in [0.15, 0.2) is 0 Å². The number of carbonyl (C=O) groups excluding carboxylic acids is 8. The topological polar surface area (TPSA) is 305 Å². The molecule has 0 aromatic carbocycles. The summed E-state index contributed by atoms with van der Waals surface area (Å²) in [6, 6.07) is -5.78. The van der Waals surface area contributed by atoms with E-state index in [9.17, 15) is 38.4 Å². The van der Waals surface area contributed by atoms with E-state index < -0.39 is 91.4 Å². The van der Waals surface area contributed by atoms with Crippen LogP contribution in [0.4, 0.5) is 4.79 Å². The van der Waals surface area contributed by atoms with Gasteiger partial charge in [0.05, 0.1) is 39.1 Å². The van der Waals surface area contributed by atoms with Crippen molar-refractivity contribution in [1.82, 2.24) is 32.1 Å². The number of nitrogens with two attached hydrogens (primary N) is 3. The van der Waals surface area contributed by atoms with E-state index in [1.807, 2.05) is 10.9 Å². The molecule has 0 aromatic rings. The van der Waals surface area contributed by atoms with E-state index in [1.165, 1.54) is 0 Å². The van der Waals surface area contributed by atoms with Gasteiger partial charge in [-0.2, -0.15) is 0 Å². The average Bonchev–Trinajstić information content (AvgIpc) is 2.81. The third-order valence-corrected chi connectivity index (χ3v) is 4.57. The first kappa shape index (κ1) is 31.5. The largest absolute Gasteiger partial charge is 0.377 e. The third-order valence-electron chi connectivity index (χ3n) is 4.57. The minimum absolute atomic E-state index is 0.00149. The molecule has 1 aliphatic heterocycles. The van der Waals surface area contributed by atoms with Crippen LogP contribution in [0.2, 0.25) is 0 Å². The van der Waals surface area contributed by atoms with Crippen molar-refractivity contribution in [3.05, 3.63) is 0 Å². The van der Waals surface area contributed by atoms with Crippen molar-refractivity contribution < 1.29 is 47.8 Å². The fraction of sp³-hybridized carbons (Fsp3) is 0.579. The Kier molecular flexibility index (Phi) is 13.5. The molecule has 0 radical (unpaired) electrons. The summed E-state index contributed by atoms with van der Waals surface area (Å²) in [5.74, 6) is -6.69. The van der Waals surface area contributed by atoms with Crippen LogP contribution < -0.4 is 49.3 Å². The number of hydrazine groups is 1. The standard InChI is InChI=1S/C19H31N9O10/c20-12(29)5-9-16(33)23-1-2-37-3-4-38-8-15(32)24-10(6-13(21)30)17(34)27-28-18(35)11(7-14(22)31)26-19(36)25-9/h9-11H,1-8H2,(H2,20,29)(H2,21,30)(H2,22,31)(H,23,33)(H,24,32)(H,27,34)(H,28,35)(H2,25,26,36)/t9-,10-,11-/m0/s1. The second-order valence-corrected chi connectivity index (χ2v) is 7.79. The summed E-state index contributed by atoms with van der Waals surface area (Å²) >= 11 is 0. The lowest BCUT2D eigenvalue weighted by atomic mass is 10.1. The molecule has 1 aliphatic rings. The Bertz CT molecular complexity index is 929. The Morgan fingerprint density at radius 3 is 1.61 bits per heavy atom. The van der Waals surface area contributed by atoms with Gasteiger partial charge in [-0.25, -0.2) is 4.79 Å². The molecule has 1 heterocycles. The van der Waals surface area contributed by atoms with E-state index in [2.05, 4.69) is 21.3 Å². The van der Waals surface area contributed by atoms with E-state index in [1.54, 1.807) is 0 Å². The number of primary amides is 3. The monoisotopic (exact) mass is 545 g/mol. The molecule has 0 aromatic heterocycles. The number of carbonyl (C=O) groups is 8. The predicted octanol–water partition coefficient (Wildman–Crippen LogP) is -6.56. The normalized spacial score (nSPS) is 23.2. The summed E-state index contributed by atoms with van der Waals surface area (Å²) in [5, 5.41) is 8.87. The zero-order valence-electron chi connectivity index (χ0n) is 20.2. The van der Waals surface area contributed by atoms with Crippen molar-refractivity contribution in [3.63, 3.8) is 0 Å². The van der Waals surface area contributed by atoms with Crippen LogP contribution >= 0.6 is 0 Å². The Morgan fingerprint density at radius 2 is 1.11 bits per heavy atom. The zero-order chi connectivity index (χ0) is 28.7. The smallest absolute Gasteiger partial charge is 0.316 e. The van der Waals surface area contributed by atoms with Crippen molar-refractivity contribution in [2.24, 2.45) is 17.2 Å². The van der Waals surface area contributed by atoms with Gasteiger partial charge in [0.25, 0.3) is 11.8 Å². The van der Waals surface area contributed by atoms with Crippen molar-refractivity contribution in [3.8, 4) is 0 Å². The summed E-state index contributed by atoms with van der Waals surface area (Å²) in [6.07, 6.45) is -1.97. The lowest BCUT2D eigenvalue weighted by molar-refractivity contribution is -0.135. The lowest BCUT2D eigenvalue weighted by Gasteiger charge is -2.22. The van der Waals surface area contributed by atoms with Crippen molar-refractivity contribution in [2.45, 2.75) is 37.4 Å². The highest BCUT2D eigenvalue weighted by Gasteiger charge is 2.29. The SMILES string of the molecule is NC(=O)C[C@@H]1NC(=O)COCCOCCNC(=O)[C@H](CC(N)=O)NC(=O)N[C@@H](CC(N)=O)C(=O)NNC1=O. The second-order valence-electron chi connectivity index (χ2n) is 7.79. The van der Waals surface area contributed by atoms with Crippen LogP contribution in [0.25, 0.3) is 0 Å². The maximum Gasteiger partial charge on any atom is 0.316 e. The van der Waals surface area contributed by atoms with Crippen LogP contribution in [0.5, 0.6) is 0 Å². The molecular formula is C19H31N9O10. The first-order valence-corrected chi connectivity index (χ1v) is 11.1. The van der Waals surface area contributed by atoms with E-state index in [-0.39, 0.29) is 26.4 Å². The fourth-order valence-corrected chi connectivity index (χ4v) is 2.88. The van der Waals surface area contributed by atoms with Crippen LogP contribution in [-0.4, -0.2) is 98.5 Å². The first-order valence-electron chi connectivity index (χ1n) is 11.1. The molecule has 38 heavy (non-hydrogen) atoms. The van der Waals surface area contributed by atoms with Gasteiger partial charge in [0.2, 0.25) is 29.5 Å². The summed E-state index contributed by atoms with van der Waals surface area (Å²) in [4.78, 5) is 96.0. The van der Waals surface area contributed by atoms with Gasteiger partial charge in [0, 0.05) is 6.54 Å². The molecule has 212 valence electrons. The minimum atomic E-state index is -1.66. The fourth-order valence-electron chi connectivity index (χ4n) is 2.88. The highest BCUT2D eigenvalue weighted by Crippen LogP contribution is 1.97. The van der Waals surface area contributed by atoms with Gasteiger partial charge in [-0.15, -0.1) is 0 Å². The number of amides is 9. The van der Waals surface area contributed by atoms with E-state index in [0.29, 0.717) is 0 Å². The Balaban J connectivity index is 3.08. The molecule has 1 saturated heterocycles. The molecular weight excluding hydrogens is 514 g/mol. The van der Waals surface area contributed by atoms with Crippen molar-refractivity contribution >= 4 is 47.4 Å². The molecule has 9 amide bonds. The molecule has 1 rings (SSSR count). The number of nitrogens with one attached hydrogen (secondary N) is 6. The van der Waals surface area contributed by atoms with Crippen LogP contribution in [0.1, 0.15) is 19.3 Å². The van der Waals surface area contributed by atoms with Gasteiger partial charge in [-0.05, 0) is 0 Å². The Labute approximate surface area is 215 Å². The highest BCUT2D eigenvalue weighted by atomic mass is 16.5. The first-order chi connectivity index (χ1) is 17.9. The molecule has 3 atom stereocenters. The summed E-state index contributed by atoms with van der Waals surface area (Å²) in [7, 11) is 0. The highest BCUT2D eigenvalue weighted by molar-refractivity contribution is 5.96. The van der Waals surface area contributed by atoms with E-state index >= 15 is 0 Å². The Morgan fingerprint density at radius 1 is 0.658 bits per heavy atom. The number of rotatable bonds is 6. The van der Waals surface area contributed by atoms with Crippen molar-refractivity contribution in [1.29, 1.82) is 0 Å². The average molecular weight is 546 g/mol. The zero-order valence-corrected chi connectivity index (χ0v) is 20.2. The molecule has 1 fully saturated rings. The van der Waals surface area contributed by atoms with Gasteiger partial charge in [-0.3, -0.25) is 44.4 Å².